The number of pyridine rings is 2. The van der Waals surface area contributed by atoms with Crippen LogP contribution in [0.5, 0.6) is 11.5 Å². The van der Waals surface area contributed by atoms with Crippen LogP contribution in [0, 0.1) is 5.95 Å². The summed E-state index contributed by atoms with van der Waals surface area (Å²) in [7, 11) is 1.84. The molecule has 5 heterocycles. The lowest BCUT2D eigenvalue weighted by Crippen LogP contribution is -2.31. The molecule has 9 heteroatoms. The number of hydrogen-bond acceptors (Lipinski definition) is 7. The number of amidine groups is 1. The molecule has 0 bridgehead atoms. The van der Waals surface area contributed by atoms with E-state index in [2.05, 4.69) is 15.1 Å². The van der Waals surface area contributed by atoms with Crippen molar-refractivity contribution in [2.24, 2.45) is 17.8 Å². The first-order valence-corrected chi connectivity index (χ1v) is 9.94. The molecule has 8 nitrogen and oxygen atoms in total. The summed E-state index contributed by atoms with van der Waals surface area (Å²) in [6.07, 6.45) is 6.71. The predicted molar refractivity (Wildman–Crippen MR) is 114 cm³/mol. The molecule has 0 amide bonds. The Morgan fingerprint density at radius 3 is 2.69 bits per heavy atom. The van der Waals surface area contributed by atoms with E-state index < -0.39 is 11.5 Å². The summed E-state index contributed by atoms with van der Waals surface area (Å²) >= 11 is 0. The minimum atomic E-state index is -0.943. The molecule has 4 aromatic rings. The van der Waals surface area contributed by atoms with Crippen molar-refractivity contribution in [1.82, 2.24) is 19.7 Å². The van der Waals surface area contributed by atoms with Gasteiger partial charge in [-0.1, -0.05) is 6.07 Å². The van der Waals surface area contributed by atoms with E-state index in [-0.39, 0.29) is 12.6 Å². The number of benzene rings is 1. The molecule has 0 fully saturated rings. The minimum Gasteiger partial charge on any atom is -0.462 e. The summed E-state index contributed by atoms with van der Waals surface area (Å²) in [6.45, 7) is 0.192. The van der Waals surface area contributed by atoms with Gasteiger partial charge in [0.2, 0.25) is 5.95 Å². The molecule has 0 aliphatic carbocycles. The topological polar surface area (TPSA) is 100 Å². The molecule has 0 saturated carbocycles. The van der Waals surface area contributed by atoms with Gasteiger partial charge in [-0.2, -0.15) is 9.49 Å². The normalized spacial score (nSPS) is 18.5. The third-order valence-electron chi connectivity index (χ3n) is 5.76. The van der Waals surface area contributed by atoms with Crippen LogP contribution in [0.15, 0.2) is 66.2 Å². The van der Waals surface area contributed by atoms with Crippen molar-refractivity contribution >= 4 is 6.02 Å². The van der Waals surface area contributed by atoms with Crippen molar-refractivity contribution < 1.29 is 13.9 Å². The van der Waals surface area contributed by atoms with Crippen LogP contribution in [-0.4, -0.2) is 32.4 Å². The van der Waals surface area contributed by atoms with Gasteiger partial charge in [-0.15, -0.1) is 0 Å². The Bertz CT molecular complexity index is 1420. The molecular formula is C23H17FN6O2. The first kappa shape index (κ1) is 18.5. The Labute approximate surface area is 182 Å². The van der Waals surface area contributed by atoms with Gasteiger partial charge >= 0.3 is 0 Å². The molecule has 2 aliphatic heterocycles. The van der Waals surface area contributed by atoms with Crippen LogP contribution < -0.4 is 10.5 Å². The molecule has 0 saturated heterocycles. The molecule has 0 unspecified atom stereocenters. The van der Waals surface area contributed by atoms with Crippen LogP contribution in [0.4, 0.5) is 4.39 Å². The average molecular weight is 428 g/mol. The molecule has 6 rings (SSSR count). The molecule has 1 atom stereocenters. The Morgan fingerprint density at radius 2 is 1.94 bits per heavy atom. The maximum atomic E-state index is 14.4. The third-order valence-corrected chi connectivity index (χ3v) is 5.76. The summed E-state index contributed by atoms with van der Waals surface area (Å²) < 4.78 is 27.9. The molecule has 32 heavy (non-hydrogen) atoms. The van der Waals surface area contributed by atoms with Gasteiger partial charge in [0.25, 0.3) is 6.02 Å². The summed E-state index contributed by atoms with van der Waals surface area (Å²) in [5.41, 5.74) is 9.15. The molecular weight excluding hydrogens is 411 g/mol. The van der Waals surface area contributed by atoms with Gasteiger partial charge in [0.15, 0.2) is 11.3 Å². The van der Waals surface area contributed by atoms with E-state index in [0.717, 1.165) is 22.4 Å². The zero-order chi connectivity index (χ0) is 21.9. The molecule has 3 aromatic heterocycles. The predicted octanol–water partition coefficient (Wildman–Crippen LogP) is 3.38. The fourth-order valence-electron chi connectivity index (χ4n) is 4.24. The smallest absolute Gasteiger partial charge is 0.283 e. The Morgan fingerprint density at radius 1 is 1.06 bits per heavy atom. The second-order valence-electron chi connectivity index (χ2n) is 7.72. The second kappa shape index (κ2) is 6.61. The van der Waals surface area contributed by atoms with E-state index in [1.165, 1.54) is 6.20 Å². The van der Waals surface area contributed by atoms with E-state index in [9.17, 15) is 4.39 Å². The van der Waals surface area contributed by atoms with E-state index >= 15 is 0 Å². The standard InChI is InChI=1S/C23H17FN6O2/c1-30-11-14(9-28-30)18-8-17-20(10-27-18)32-19-5-4-13(15-3-2-6-26-21(15)24)7-16(19)23(17)12-31-22(25)29-23/h2-11H,12H2,1H3,(H2,25,29)/t23-/m0/s1. The van der Waals surface area contributed by atoms with Crippen LogP contribution in [0.25, 0.3) is 22.4 Å². The first-order valence-electron chi connectivity index (χ1n) is 9.94. The zero-order valence-electron chi connectivity index (χ0n) is 17.0. The van der Waals surface area contributed by atoms with Crippen LogP contribution in [0.1, 0.15) is 11.1 Å². The van der Waals surface area contributed by atoms with Crippen molar-refractivity contribution in [2.45, 2.75) is 5.54 Å². The maximum absolute atomic E-state index is 14.4. The number of aryl methyl sites for hydroxylation is 1. The Hall–Kier alpha value is -4.27. The van der Waals surface area contributed by atoms with Crippen molar-refractivity contribution in [2.75, 3.05) is 6.61 Å². The third kappa shape index (κ3) is 2.67. The highest BCUT2D eigenvalue weighted by atomic mass is 19.1. The van der Waals surface area contributed by atoms with Crippen LogP contribution in [-0.2, 0) is 17.3 Å². The number of nitrogens with two attached hydrogens (primary N) is 1. The number of fused-ring (bicyclic) bond motifs is 4. The molecule has 158 valence electrons. The fraction of sp³-hybridized carbons (Fsp3) is 0.130. The maximum Gasteiger partial charge on any atom is 0.283 e. The monoisotopic (exact) mass is 428 g/mol. The van der Waals surface area contributed by atoms with Gasteiger partial charge in [0.1, 0.15) is 12.4 Å². The first-order chi connectivity index (χ1) is 15.5. The van der Waals surface area contributed by atoms with Gasteiger partial charge in [-0.05, 0) is 35.9 Å². The summed E-state index contributed by atoms with van der Waals surface area (Å²) in [5.74, 6) is 0.600. The largest absolute Gasteiger partial charge is 0.462 e. The van der Waals surface area contributed by atoms with Crippen molar-refractivity contribution in [3.63, 3.8) is 0 Å². The number of rotatable bonds is 2. The molecule has 0 radical (unpaired) electrons. The molecule has 1 spiro atoms. The quantitative estimate of drug-likeness (QED) is 0.492. The Balaban J connectivity index is 1.56. The molecule has 2 aliphatic rings. The highest BCUT2D eigenvalue weighted by Gasteiger charge is 2.47. The number of aromatic nitrogens is 4. The number of hydrogen-bond donors (Lipinski definition) is 1. The van der Waals surface area contributed by atoms with E-state index in [0.29, 0.717) is 22.6 Å². The lowest BCUT2D eigenvalue weighted by atomic mass is 9.80. The second-order valence-corrected chi connectivity index (χ2v) is 7.72. The highest BCUT2D eigenvalue weighted by molar-refractivity contribution is 5.78. The fourth-order valence-corrected chi connectivity index (χ4v) is 4.24. The van der Waals surface area contributed by atoms with E-state index in [4.69, 9.17) is 20.2 Å². The molecule has 2 N–H and O–H groups in total. The van der Waals surface area contributed by atoms with Crippen molar-refractivity contribution in [1.29, 1.82) is 0 Å². The number of ether oxygens (including phenoxy) is 2. The number of halogens is 1. The van der Waals surface area contributed by atoms with Crippen LogP contribution >= 0.6 is 0 Å². The Kier molecular flexibility index (Phi) is 3.82. The lowest BCUT2D eigenvalue weighted by molar-refractivity contribution is 0.264. The molecule has 1 aromatic carbocycles. The summed E-state index contributed by atoms with van der Waals surface area (Å²) in [6, 6.07) is 10.8. The van der Waals surface area contributed by atoms with Gasteiger partial charge < -0.3 is 15.2 Å². The van der Waals surface area contributed by atoms with Gasteiger partial charge in [-0.3, -0.25) is 9.67 Å². The van der Waals surface area contributed by atoms with Crippen molar-refractivity contribution in [3.05, 3.63) is 78.3 Å². The number of nitrogens with zero attached hydrogens (tertiary/aromatic N) is 5. The highest BCUT2D eigenvalue weighted by Crippen LogP contribution is 2.52. The van der Waals surface area contributed by atoms with Gasteiger partial charge in [0, 0.05) is 41.7 Å². The van der Waals surface area contributed by atoms with Gasteiger partial charge in [0.05, 0.1) is 18.1 Å². The van der Waals surface area contributed by atoms with Crippen LogP contribution in [0.3, 0.4) is 0 Å². The zero-order valence-corrected chi connectivity index (χ0v) is 17.0. The average Bonchev–Trinajstić information content (AvgIpc) is 3.41. The number of aliphatic imine (C=N–C) groups is 1. The van der Waals surface area contributed by atoms with Crippen molar-refractivity contribution in [3.8, 4) is 33.9 Å². The summed E-state index contributed by atoms with van der Waals surface area (Å²) in [4.78, 5) is 13.0. The minimum absolute atomic E-state index is 0.0847. The summed E-state index contributed by atoms with van der Waals surface area (Å²) in [5, 5.41) is 4.23. The van der Waals surface area contributed by atoms with Gasteiger partial charge in [-0.25, -0.2) is 9.98 Å². The SMILES string of the molecule is Cn1cc(-c2cc3c(cn2)Oc2ccc(-c4cccnc4F)cc2[C@@]32COC(N)=N2)cn1. The van der Waals surface area contributed by atoms with Crippen LogP contribution in [0.2, 0.25) is 0 Å². The van der Waals surface area contributed by atoms with E-state index in [1.54, 1.807) is 41.3 Å². The van der Waals surface area contributed by atoms with E-state index in [1.807, 2.05) is 25.4 Å². The lowest BCUT2D eigenvalue weighted by Gasteiger charge is -2.33.